The summed E-state index contributed by atoms with van der Waals surface area (Å²) in [5, 5.41) is 0. The number of likely N-dealkylation sites (tertiary alicyclic amines) is 1. The van der Waals surface area contributed by atoms with Gasteiger partial charge in [-0.05, 0) is 89.7 Å². The molecule has 1 fully saturated rings. The number of carbonyl (C=O) groups excluding carboxylic acids is 2. The van der Waals surface area contributed by atoms with Crippen molar-refractivity contribution >= 4 is 18.6 Å². The van der Waals surface area contributed by atoms with Crippen LogP contribution in [0.25, 0.3) is 0 Å². The lowest BCUT2D eigenvalue weighted by atomic mass is 9.80. The van der Waals surface area contributed by atoms with Crippen LogP contribution in [0.5, 0.6) is 11.5 Å². The SMILES string of the molecule is CCOc1cccc(C2C(c3cc(C#Cc4ccc(OC)cc4)ccc3N(C)C=O)C(C)CN2C(c2ccccc2)C(OC=O)c2ccccc2)c1. The highest BCUT2D eigenvalue weighted by Crippen LogP contribution is 2.55. The fourth-order valence-electron chi connectivity index (χ4n) is 7.52. The first-order chi connectivity index (χ1) is 25.4. The number of methoxy groups -OCH3 is 1. The van der Waals surface area contributed by atoms with Gasteiger partial charge in [0.15, 0.2) is 0 Å². The summed E-state index contributed by atoms with van der Waals surface area (Å²) in [5.74, 6) is 8.25. The van der Waals surface area contributed by atoms with Gasteiger partial charge in [0.05, 0.1) is 19.8 Å². The van der Waals surface area contributed by atoms with E-state index in [1.165, 1.54) is 0 Å². The van der Waals surface area contributed by atoms with E-state index in [1.54, 1.807) is 19.1 Å². The van der Waals surface area contributed by atoms with Crippen molar-refractivity contribution in [3.8, 4) is 23.3 Å². The van der Waals surface area contributed by atoms with E-state index in [2.05, 4.69) is 54.0 Å². The van der Waals surface area contributed by atoms with Crippen molar-refractivity contribution in [3.05, 3.63) is 161 Å². The molecule has 0 spiro atoms. The monoisotopic (exact) mass is 692 g/mol. The largest absolute Gasteiger partial charge is 0.497 e. The highest BCUT2D eigenvalue weighted by atomic mass is 16.5. The molecule has 52 heavy (non-hydrogen) atoms. The van der Waals surface area contributed by atoms with E-state index in [1.807, 2.05) is 104 Å². The molecule has 5 aromatic rings. The van der Waals surface area contributed by atoms with E-state index in [-0.39, 0.29) is 23.9 Å². The Labute approximate surface area is 306 Å². The lowest BCUT2D eigenvalue weighted by molar-refractivity contribution is -0.138. The van der Waals surface area contributed by atoms with Crippen LogP contribution in [0.4, 0.5) is 5.69 Å². The maximum Gasteiger partial charge on any atom is 0.293 e. The van der Waals surface area contributed by atoms with Crippen LogP contribution in [-0.4, -0.2) is 45.1 Å². The van der Waals surface area contributed by atoms with Gasteiger partial charge >= 0.3 is 0 Å². The molecule has 0 radical (unpaired) electrons. The van der Waals surface area contributed by atoms with Crippen LogP contribution in [0.1, 0.15) is 71.3 Å². The Morgan fingerprint density at radius 1 is 0.808 bits per heavy atom. The minimum Gasteiger partial charge on any atom is -0.497 e. The van der Waals surface area contributed by atoms with Crippen molar-refractivity contribution in [2.24, 2.45) is 5.92 Å². The van der Waals surface area contributed by atoms with Gasteiger partial charge < -0.3 is 19.1 Å². The van der Waals surface area contributed by atoms with E-state index >= 15 is 0 Å². The summed E-state index contributed by atoms with van der Waals surface area (Å²) in [5.41, 5.74) is 6.53. The number of amides is 1. The molecule has 1 aliphatic heterocycles. The Balaban J connectivity index is 1.54. The molecule has 7 nitrogen and oxygen atoms in total. The molecule has 0 saturated carbocycles. The third kappa shape index (κ3) is 7.88. The summed E-state index contributed by atoms with van der Waals surface area (Å²) < 4.78 is 17.4. The van der Waals surface area contributed by atoms with Crippen molar-refractivity contribution < 1.29 is 23.8 Å². The van der Waals surface area contributed by atoms with Gasteiger partial charge in [0.1, 0.15) is 17.6 Å². The van der Waals surface area contributed by atoms with Crippen LogP contribution in [0.2, 0.25) is 0 Å². The third-order valence-corrected chi connectivity index (χ3v) is 9.80. The highest BCUT2D eigenvalue weighted by molar-refractivity contribution is 5.77. The Morgan fingerprint density at radius 2 is 1.48 bits per heavy atom. The number of hydrogen-bond acceptors (Lipinski definition) is 6. The molecular formula is C45H44N2O5. The average molecular weight is 693 g/mol. The van der Waals surface area contributed by atoms with Gasteiger partial charge in [-0.3, -0.25) is 14.5 Å². The molecule has 1 saturated heterocycles. The zero-order valence-electron chi connectivity index (χ0n) is 30.0. The molecule has 1 heterocycles. The van der Waals surface area contributed by atoms with Crippen LogP contribution >= 0.6 is 0 Å². The van der Waals surface area contributed by atoms with E-state index < -0.39 is 6.10 Å². The van der Waals surface area contributed by atoms with Gasteiger partial charge in [0.25, 0.3) is 6.47 Å². The van der Waals surface area contributed by atoms with Gasteiger partial charge in [0, 0.05) is 42.4 Å². The maximum atomic E-state index is 12.4. The molecule has 5 atom stereocenters. The minimum absolute atomic E-state index is 0.0871. The Hall–Kier alpha value is -5.84. The molecule has 1 amide bonds. The quantitative estimate of drug-likeness (QED) is 0.0911. The Bertz CT molecular complexity index is 2010. The molecule has 0 bridgehead atoms. The first-order valence-electron chi connectivity index (χ1n) is 17.6. The van der Waals surface area contributed by atoms with Crippen LogP contribution < -0.4 is 14.4 Å². The molecule has 7 heteroatoms. The molecule has 264 valence electrons. The number of carbonyl (C=O) groups is 2. The van der Waals surface area contributed by atoms with E-state index in [4.69, 9.17) is 14.2 Å². The predicted molar refractivity (Wildman–Crippen MR) is 204 cm³/mol. The van der Waals surface area contributed by atoms with Gasteiger partial charge in [-0.2, -0.15) is 0 Å². The highest BCUT2D eigenvalue weighted by Gasteiger charge is 2.48. The summed E-state index contributed by atoms with van der Waals surface area (Å²) in [7, 11) is 3.43. The van der Waals surface area contributed by atoms with Crippen molar-refractivity contribution in [3.63, 3.8) is 0 Å². The van der Waals surface area contributed by atoms with Crippen molar-refractivity contribution in [2.75, 3.05) is 32.2 Å². The van der Waals surface area contributed by atoms with Gasteiger partial charge in [-0.25, -0.2) is 0 Å². The van der Waals surface area contributed by atoms with Crippen LogP contribution in [0.3, 0.4) is 0 Å². The van der Waals surface area contributed by atoms with Crippen LogP contribution in [0, 0.1) is 17.8 Å². The van der Waals surface area contributed by atoms with E-state index in [0.717, 1.165) is 57.0 Å². The lowest BCUT2D eigenvalue weighted by Gasteiger charge is -2.39. The fraction of sp³-hybridized carbons (Fsp3) is 0.244. The van der Waals surface area contributed by atoms with E-state index in [9.17, 15) is 9.59 Å². The zero-order valence-corrected chi connectivity index (χ0v) is 30.0. The Kier molecular flexibility index (Phi) is 11.7. The topological polar surface area (TPSA) is 68.3 Å². The normalized spacial score (nSPS) is 18.0. The number of anilines is 1. The van der Waals surface area contributed by atoms with Crippen molar-refractivity contribution in [1.82, 2.24) is 4.90 Å². The van der Waals surface area contributed by atoms with Gasteiger partial charge in [-0.1, -0.05) is 91.6 Å². The van der Waals surface area contributed by atoms with Gasteiger partial charge in [0.2, 0.25) is 6.41 Å². The first kappa shape index (κ1) is 36.0. The number of ether oxygens (including phenoxy) is 3. The molecule has 5 unspecified atom stereocenters. The standard InChI is InChI=1S/C45H44N2O5/c1-5-51-39-18-12-17-37(28-39)43-42(40-27-34(23-26-41(40)46(3)30-48)20-19-33-21-24-38(50-4)25-22-33)32(2)29-47(43)44(35-13-8-6-9-14-35)45(52-31-49)36-15-10-7-11-16-36/h6-18,21-28,30-32,42-45H,5,29H2,1-4H3. The van der Waals surface area contributed by atoms with Crippen molar-refractivity contribution in [2.45, 2.75) is 38.0 Å². The molecular weight excluding hydrogens is 649 g/mol. The first-order valence-corrected chi connectivity index (χ1v) is 17.6. The molecule has 1 aliphatic rings. The third-order valence-electron chi connectivity index (χ3n) is 9.80. The summed E-state index contributed by atoms with van der Waals surface area (Å²) >= 11 is 0. The molecule has 0 N–H and O–H groups in total. The van der Waals surface area contributed by atoms with Gasteiger partial charge in [-0.15, -0.1) is 0 Å². The summed E-state index contributed by atoms with van der Waals surface area (Å²) in [6, 6.07) is 41.6. The summed E-state index contributed by atoms with van der Waals surface area (Å²) in [6.45, 7) is 6.01. The second kappa shape index (κ2) is 16.9. The van der Waals surface area contributed by atoms with Crippen LogP contribution in [0.15, 0.2) is 127 Å². The maximum absolute atomic E-state index is 12.4. The molecule has 0 aliphatic carbocycles. The summed E-state index contributed by atoms with van der Waals surface area (Å²) in [4.78, 5) is 28.7. The zero-order chi connectivity index (χ0) is 36.5. The second-order valence-electron chi connectivity index (χ2n) is 13.0. The lowest BCUT2D eigenvalue weighted by Crippen LogP contribution is -2.35. The fourth-order valence-corrected chi connectivity index (χ4v) is 7.52. The molecule has 5 aromatic carbocycles. The smallest absolute Gasteiger partial charge is 0.293 e. The number of rotatable bonds is 13. The second-order valence-corrected chi connectivity index (χ2v) is 13.0. The van der Waals surface area contributed by atoms with Crippen LogP contribution in [-0.2, 0) is 14.3 Å². The molecule has 6 rings (SSSR count). The average Bonchev–Trinajstić information content (AvgIpc) is 3.53. The van der Waals surface area contributed by atoms with E-state index in [0.29, 0.717) is 19.6 Å². The molecule has 0 aromatic heterocycles. The summed E-state index contributed by atoms with van der Waals surface area (Å²) in [6.07, 6.45) is 0.253. The minimum atomic E-state index is -0.594. The Morgan fingerprint density at radius 3 is 2.13 bits per heavy atom. The number of nitrogens with zero attached hydrogens (tertiary/aromatic N) is 2. The van der Waals surface area contributed by atoms with Crippen molar-refractivity contribution in [1.29, 1.82) is 0 Å². The number of hydrogen-bond donors (Lipinski definition) is 0. The number of benzene rings is 5. The predicted octanol–water partition coefficient (Wildman–Crippen LogP) is 8.52.